The number of ether oxygens (including phenoxy) is 1. The van der Waals surface area contributed by atoms with Gasteiger partial charge in [0.15, 0.2) is 0 Å². The van der Waals surface area contributed by atoms with Crippen LogP contribution < -0.4 is 0 Å². The molecule has 3 heterocycles. The van der Waals surface area contributed by atoms with Gasteiger partial charge in [0.2, 0.25) is 11.8 Å². The van der Waals surface area contributed by atoms with Crippen LogP contribution in [0.3, 0.4) is 0 Å². The zero-order chi connectivity index (χ0) is 24.5. The lowest BCUT2D eigenvalue weighted by Gasteiger charge is -2.42. The van der Waals surface area contributed by atoms with E-state index in [0.717, 1.165) is 19.3 Å². The van der Waals surface area contributed by atoms with Crippen molar-refractivity contribution < 1.29 is 24.2 Å². The third kappa shape index (κ3) is 4.22. The van der Waals surface area contributed by atoms with Crippen LogP contribution in [0.2, 0.25) is 0 Å². The molecule has 8 heteroatoms. The highest BCUT2D eigenvalue weighted by atomic mass is 32.2. The first-order chi connectivity index (χ1) is 15.7. The molecule has 1 N–H and O–H groups in total. The molecule has 3 rings (SSSR count). The molecule has 3 saturated heterocycles. The van der Waals surface area contributed by atoms with Gasteiger partial charge >= 0.3 is 5.97 Å². The van der Waals surface area contributed by atoms with Crippen molar-refractivity contribution in [2.75, 3.05) is 19.8 Å². The number of carbonyl (C=O) groups is 3. The highest BCUT2D eigenvalue weighted by Gasteiger charge is 2.75. The van der Waals surface area contributed by atoms with E-state index in [-0.39, 0.29) is 48.2 Å². The van der Waals surface area contributed by atoms with Crippen LogP contribution in [0, 0.1) is 17.8 Å². The van der Waals surface area contributed by atoms with Crippen LogP contribution in [-0.4, -0.2) is 80.6 Å². The molecule has 3 unspecified atom stereocenters. The molecule has 1 spiro atoms. The Morgan fingerprint density at radius 3 is 2.61 bits per heavy atom. The topological polar surface area (TPSA) is 87.2 Å². The molecule has 7 atom stereocenters. The second kappa shape index (κ2) is 10.4. The van der Waals surface area contributed by atoms with Crippen molar-refractivity contribution in [1.29, 1.82) is 0 Å². The predicted molar refractivity (Wildman–Crippen MR) is 130 cm³/mol. The minimum atomic E-state index is -0.705. The van der Waals surface area contributed by atoms with Crippen molar-refractivity contribution in [2.24, 2.45) is 17.8 Å². The minimum Gasteiger partial charge on any atom is -0.466 e. The second-order valence-corrected chi connectivity index (χ2v) is 11.6. The second-order valence-electron chi connectivity index (χ2n) is 9.96. The van der Waals surface area contributed by atoms with Crippen molar-refractivity contribution in [2.45, 2.75) is 88.4 Å². The maximum absolute atomic E-state index is 14.3. The van der Waals surface area contributed by atoms with Gasteiger partial charge in [-0.25, -0.2) is 0 Å². The molecular formula is C25H40N2O5S. The third-order valence-electron chi connectivity index (χ3n) is 7.69. The number of thioether (sulfide) groups is 1. The molecule has 0 aromatic rings. The fourth-order valence-corrected chi connectivity index (χ4v) is 8.40. The SMILES string of the molecule is C=CCN(C(=O)C1N([C@@H](CO)C(C)C)C(=O)[C@@H]2[C@H](C(=O)OCC)[C@@H]3CCC12S3)C(C)CCC. The van der Waals surface area contributed by atoms with Crippen molar-refractivity contribution >= 4 is 29.5 Å². The van der Waals surface area contributed by atoms with E-state index in [1.807, 2.05) is 25.7 Å². The third-order valence-corrected chi connectivity index (χ3v) is 9.64. The smallest absolute Gasteiger partial charge is 0.310 e. The Kier molecular flexibility index (Phi) is 8.20. The summed E-state index contributed by atoms with van der Waals surface area (Å²) in [6.07, 6.45) is 5.02. The van der Waals surface area contributed by atoms with E-state index in [1.165, 1.54) is 0 Å². The summed E-state index contributed by atoms with van der Waals surface area (Å²) >= 11 is 1.64. The van der Waals surface area contributed by atoms with Crippen LogP contribution >= 0.6 is 11.8 Å². The Morgan fingerprint density at radius 1 is 1.36 bits per heavy atom. The van der Waals surface area contributed by atoms with Crippen LogP contribution in [0.4, 0.5) is 0 Å². The van der Waals surface area contributed by atoms with E-state index in [0.29, 0.717) is 13.0 Å². The van der Waals surface area contributed by atoms with Gasteiger partial charge < -0.3 is 19.6 Å². The molecule has 0 aromatic carbocycles. The summed E-state index contributed by atoms with van der Waals surface area (Å²) in [6.45, 7) is 14.1. The summed E-state index contributed by atoms with van der Waals surface area (Å²) in [7, 11) is 0. The van der Waals surface area contributed by atoms with Gasteiger partial charge in [0.05, 0.1) is 35.8 Å². The maximum Gasteiger partial charge on any atom is 0.310 e. The summed E-state index contributed by atoms with van der Waals surface area (Å²) in [5.74, 6) is -1.78. The van der Waals surface area contributed by atoms with E-state index < -0.39 is 28.7 Å². The lowest BCUT2D eigenvalue weighted by molar-refractivity contribution is -0.154. The molecule has 0 aliphatic carbocycles. The van der Waals surface area contributed by atoms with E-state index in [2.05, 4.69) is 13.5 Å². The molecule has 0 aromatic heterocycles. The number of rotatable bonds is 11. The van der Waals surface area contributed by atoms with Gasteiger partial charge in [0.25, 0.3) is 0 Å². The minimum absolute atomic E-state index is 0.00369. The lowest BCUT2D eigenvalue weighted by Crippen LogP contribution is -2.59. The number of hydrogen-bond donors (Lipinski definition) is 1. The molecule has 2 bridgehead atoms. The molecule has 0 saturated carbocycles. The van der Waals surface area contributed by atoms with Crippen LogP contribution in [0.25, 0.3) is 0 Å². The number of aliphatic hydroxyl groups excluding tert-OH is 1. The van der Waals surface area contributed by atoms with Gasteiger partial charge in [0.1, 0.15) is 6.04 Å². The van der Waals surface area contributed by atoms with Gasteiger partial charge in [-0.1, -0.05) is 33.3 Å². The predicted octanol–water partition coefficient (Wildman–Crippen LogP) is 2.86. The van der Waals surface area contributed by atoms with Gasteiger partial charge in [0, 0.05) is 17.8 Å². The van der Waals surface area contributed by atoms with Crippen LogP contribution in [0.1, 0.15) is 60.3 Å². The summed E-state index contributed by atoms with van der Waals surface area (Å²) in [4.78, 5) is 44.7. The summed E-state index contributed by atoms with van der Waals surface area (Å²) in [5.41, 5.74) is 0. The number of amides is 2. The average Bonchev–Trinajstić information content (AvgIpc) is 3.40. The molecule has 3 aliphatic rings. The highest BCUT2D eigenvalue weighted by molar-refractivity contribution is 8.02. The fourth-order valence-electron chi connectivity index (χ4n) is 6.21. The lowest BCUT2D eigenvalue weighted by atomic mass is 9.71. The van der Waals surface area contributed by atoms with Crippen LogP contribution in [0.5, 0.6) is 0 Å². The number of fused-ring (bicyclic) bond motifs is 1. The van der Waals surface area contributed by atoms with E-state index in [1.54, 1.807) is 29.7 Å². The Balaban J connectivity index is 2.10. The molecule has 2 amide bonds. The number of carbonyl (C=O) groups excluding carboxylic acids is 3. The summed E-state index contributed by atoms with van der Waals surface area (Å²) < 4.78 is 4.71. The number of esters is 1. The van der Waals surface area contributed by atoms with E-state index in [4.69, 9.17) is 4.74 Å². The van der Waals surface area contributed by atoms with Crippen molar-refractivity contribution in [3.63, 3.8) is 0 Å². The Bertz CT molecular complexity index is 774. The number of nitrogens with zero attached hydrogens (tertiary/aromatic N) is 2. The Morgan fingerprint density at radius 2 is 2.06 bits per heavy atom. The van der Waals surface area contributed by atoms with E-state index >= 15 is 0 Å². The van der Waals surface area contributed by atoms with Gasteiger partial charge in [-0.15, -0.1) is 18.3 Å². The summed E-state index contributed by atoms with van der Waals surface area (Å²) in [6, 6.07) is -1.19. The molecule has 0 radical (unpaired) electrons. The molecule has 33 heavy (non-hydrogen) atoms. The molecule has 186 valence electrons. The fraction of sp³-hybridized carbons (Fsp3) is 0.800. The number of likely N-dealkylation sites (tertiary alicyclic amines) is 1. The first kappa shape index (κ1) is 26.1. The van der Waals surface area contributed by atoms with Crippen molar-refractivity contribution in [3.05, 3.63) is 12.7 Å². The van der Waals surface area contributed by atoms with Crippen molar-refractivity contribution in [3.8, 4) is 0 Å². The van der Waals surface area contributed by atoms with Crippen LogP contribution in [-0.2, 0) is 19.1 Å². The quantitative estimate of drug-likeness (QED) is 0.361. The average molecular weight is 481 g/mol. The number of hydrogen-bond acceptors (Lipinski definition) is 6. The Hall–Kier alpha value is -1.54. The van der Waals surface area contributed by atoms with Crippen molar-refractivity contribution in [1.82, 2.24) is 9.80 Å². The van der Waals surface area contributed by atoms with Gasteiger partial charge in [-0.3, -0.25) is 14.4 Å². The molecule has 3 fully saturated rings. The number of aliphatic hydroxyl groups is 1. The maximum atomic E-state index is 14.3. The Labute approximate surface area is 202 Å². The zero-order valence-corrected chi connectivity index (χ0v) is 21.5. The van der Waals surface area contributed by atoms with Crippen LogP contribution in [0.15, 0.2) is 12.7 Å². The monoisotopic (exact) mass is 480 g/mol. The standard InChI is InChI=1S/C25H40N2O5S/c1-7-10-16(6)26(13-8-2)23(30)21-25-12-11-18(33-25)19(24(31)32-9-3)20(25)22(29)27(21)17(14-28)15(4)5/h8,15-21,28H,2,7,9-14H2,1,3-6H3/t16?,17-,18-,19+,20-,21?,25?/m0/s1. The normalized spacial score (nSPS) is 32.1. The molecular weight excluding hydrogens is 440 g/mol. The van der Waals surface area contributed by atoms with Gasteiger partial charge in [-0.05, 0) is 39.0 Å². The largest absolute Gasteiger partial charge is 0.466 e. The molecule has 7 nitrogen and oxygen atoms in total. The summed E-state index contributed by atoms with van der Waals surface area (Å²) in [5, 5.41) is 10.3. The highest BCUT2D eigenvalue weighted by Crippen LogP contribution is 2.67. The first-order valence-corrected chi connectivity index (χ1v) is 13.3. The first-order valence-electron chi connectivity index (χ1n) is 12.4. The van der Waals surface area contributed by atoms with E-state index in [9.17, 15) is 19.5 Å². The molecule has 3 aliphatic heterocycles. The zero-order valence-electron chi connectivity index (χ0n) is 20.7. The van der Waals surface area contributed by atoms with Gasteiger partial charge in [-0.2, -0.15) is 0 Å².